The summed E-state index contributed by atoms with van der Waals surface area (Å²) in [5.41, 5.74) is 2.56. The van der Waals surface area contributed by atoms with Crippen molar-refractivity contribution in [2.45, 2.75) is 19.4 Å². The zero-order valence-electron chi connectivity index (χ0n) is 11.2. The highest BCUT2D eigenvalue weighted by Crippen LogP contribution is 2.19. The maximum Gasteiger partial charge on any atom is 0.306 e. The predicted octanol–water partition coefficient (Wildman–Crippen LogP) is 2.55. The lowest BCUT2D eigenvalue weighted by Gasteiger charge is -2.16. The highest BCUT2D eigenvalue weighted by atomic mass is 32.2. The van der Waals surface area contributed by atoms with E-state index in [9.17, 15) is 4.79 Å². The zero-order valence-corrected chi connectivity index (χ0v) is 12.0. The number of hydrogen-bond acceptors (Lipinski definition) is 4. The van der Waals surface area contributed by atoms with Crippen LogP contribution in [0.2, 0.25) is 0 Å². The first-order valence-corrected chi connectivity index (χ1v) is 7.21. The van der Waals surface area contributed by atoms with Gasteiger partial charge in [0.25, 0.3) is 0 Å². The predicted molar refractivity (Wildman–Crippen MR) is 76.9 cm³/mol. The first-order valence-electron chi connectivity index (χ1n) is 6.05. The number of nitrogens with one attached hydrogen (secondary N) is 1. The van der Waals surface area contributed by atoms with Crippen molar-refractivity contribution in [3.05, 3.63) is 35.4 Å². The number of thioether (sulfide) groups is 1. The molecule has 1 unspecified atom stereocenters. The third-order valence-electron chi connectivity index (χ3n) is 2.79. The molecule has 0 bridgehead atoms. The van der Waals surface area contributed by atoms with E-state index in [-0.39, 0.29) is 5.97 Å². The van der Waals surface area contributed by atoms with Gasteiger partial charge in [0.2, 0.25) is 0 Å². The molecule has 0 fully saturated rings. The molecule has 0 aliphatic carbocycles. The number of ether oxygens (including phenoxy) is 1. The highest BCUT2D eigenvalue weighted by molar-refractivity contribution is 7.99. The standard InChI is InChI=1S/C14H21NO2S/c1-11-4-6-12(7-5-11)13(15-2)10-18-9-8-14(16)17-3/h4-7,13,15H,8-10H2,1-3H3. The van der Waals surface area contributed by atoms with Gasteiger partial charge in [-0.15, -0.1) is 0 Å². The molecule has 0 heterocycles. The number of carbonyl (C=O) groups excluding carboxylic acids is 1. The Bertz CT molecular complexity index is 365. The van der Waals surface area contributed by atoms with E-state index in [1.54, 1.807) is 11.8 Å². The van der Waals surface area contributed by atoms with Crippen molar-refractivity contribution in [1.29, 1.82) is 0 Å². The van der Waals surface area contributed by atoms with Crippen molar-refractivity contribution in [2.75, 3.05) is 25.7 Å². The van der Waals surface area contributed by atoms with Gasteiger partial charge in [-0.1, -0.05) is 29.8 Å². The van der Waals surface area contributed by atoms with Crippen molar-refractivity contribution >= 4 is 17.7 Å². The van der Waals surface area contributed by atoms with Gasteiger partial charge in [-0.25, -0.2) is 0 Å². The molecule has 1 atom stereocenters. The summed E-state index contributed by atoms with van der Waals surface area (Å²) in [7, 11) is 3.39. The second-order valence-electron chi connectivity index (χ2n) is 4.15. The Labute approximate surface area is 113 Å². The fourth-order valence-corrected chi connectivity index (χ4v) is 2.68. The van der Waals surface area contributed by atoms with Gasteiger partial charge in [0.15, 0.2) is 0 Å². The summed E-state index contributed by atoms with van der Waals surface area (Å²) < 4.78 is 4.61. The van der Waals surface area contributed by atoms with Crippen LogP contribution in [0.25, 0.3) is 0 Å². The van der Waals surface area contributed by atoms with Crippen LogP contribution in [0.5, 0.6) is 0 Å². The molecule has 0 amide bonds. The molecule has 100 valence electrons. The minimum atomic E-state index is -0.140. The first kappa shape index (κ1) is 15.1. The monoisotopic (exact) mass is 267 g/mol. The Morgan fingerprint density at radius 3 is 2.61 bits per heavy atom. The molecule has 0 spiro atoms. The van der Waals surface area contributed by atoms with E-state index < -0.39 is 0 Å². The van der Waals surface area contributed by atoms with Crippen LogP contribution in [0.1, 0.15) is 23.6 Å². The van der Waals surface area contributed by atoms with E-state index in [2.05, 4.69) is 41.2 Å². The van der Waals surface area contributed by atoms with Crippen LogP contribution in [0.4, 0.5) is 0 Å². The molecule has 3 nitrogen and oxygen atoms in total. The Morgan fingerprint density at radius 1 is 1.39 bits per heavy atom. The minimum absolute atomic E-state index is 0.140. The fourth-order valence-electron chi connectivity index (χ4n) is 1.60. The molecule has 0 aliphatic rings. The quantitative estimate of drug-likeness (QED) is 0.608. The van der Waals surface area contributed by atoms with Crippen LogP contribution in [0.3, 0.4) is 0 Å². The van der Waals surface area contributed by atoms with Crippen LogP contribution >= 0.6 is 11.8 Å². The van der Waals surface area contributed by atoms with Crippen LogP contribution < -0.4 is 5.32 Å². The Balaban J connectivity index is 2.38. The molecule has 0 radical (unpaired) electrons. The molecule has 1 aromatic carbocycles. The smallest absolute Gasteiger partial charge is 0.306 e. The molecule has 1 aromatic rings. The van der Waals surface area contributed by atoms with Crippen LogP contribution in [-0.4, -0.2) is 31.6 Å². The average molecular weight is 267 g/mol. The largest absolute Gasteiger partial charge is 0.469 e. The van der Waals surface area contributed by atoms with Gasteiger partial charge in [0.1, 0.15) is 0 Å². The van der Waals surface area contributed by atoms with E-state index in [0.29, 0.717) is 12.5 Å². The molecule has 1 N–H and O–H groups in total. The molecular weight excluding hydrogens is 246 g/mol. The van der Waals surface area contributed by atoms with Crippen LogP contribution in [-0.2, 0) is 9.53 Å². The van der Waals surface area contributed by atoms with E-state index in [1.165, 1.54) is 18.2 Å². The number of benzene rings is 1. The van der Waals surface area contributed by atoms with E-state index in [4.69, 9.17) is 0 Å². The number of aryl methyl sites for hydroxylation is 1. The molecule has 0 saturated heterocycles. The van der Waals surface area contributed by atoms with Gasteiger partial charge < -0.3 is 10.1 Å². The number of rotatable bonds is 7. The fraction of sp³-hybridized carbons (Fsp3) is 0.500. The van der Waals surface area contributed by atoms with Crippen molar-refractivity contribution in [2.24, 2.45) is 0 Å². The topological polar surface area (TPSA) is 38.3 Å². The third-order valence-corrected chi connectivity index (χ3v) is 3.85. The zero-order chi connectivity index (χ0) is 13.4. The lowest BCUT2D eigenvalue weighted by Crippen LogP contribution is -2.19. The molecule has 1 rings (SSSR count). The second-order valence-corrected chi connectivity index (χ2v) is 5.30. The summed E-state index contributed by atoms with van der Waals surface area (Å²) in [5.74, 6) is 1.62. The minimum Gasteiger partial charge on any atom is -0.469 e. The summed E-state index contributed by atoms with van der Waals surface area (Å²) in [5, 5.41) is 3.30. The summed E-state index contributed by atoms with van der Waals surface area (Å²) in [6.07, 6.45) is 0.478. The van der Waals surface area contributed by atoms with E-state index >= 15 is 0 Å². The molecule has 0 aliphatic heterocycles. The molecule has 0 saturated carbocycles. The maximum absolute atomic E-state index is 11.0. The maximum atomic E-state index is 11.0. The number of methoxy groups -OCH3 is 1. The SMILES string of the molecule is CNC(CSCCC(=O)OC)c1ccc(C)cc1. The third kappa shape index (κ3) is 5.10. The van der Waals surface area contributed by atoms with Gasteiger partial charge >= 0.3 is 5.97 Å². The normalized spacial score (nSPS) is 12.2. The van der Waals surface area contributed by atoms with Crippen molar-refractivity contribution in [3.8, 4) is 0 Å². The van der Waals surface area contributed by atoms with Gasteiger partial charge in [-0.2, -0.15) is 11.8 Å². The highest BCUT2D eigenvalue weighted by Gasteiger charge is 2.09. The number of hydrogen-bond donors (Lipinski definition) is 1. The summed E-state index contributed by atoms with van der Waals surface area (Å²) in [4.78, 5) is 11.0. The van der Waals surface area contributed by atoms with Gasteiger partial charge in [-0.05, 0) is 19.5 Å². The van der Waals surface area contributed by atoms with E-state index in [1.807, 2.05) is 7.05 Å². The average Bonchev–Trinajstić information content (AvgIpc) is 2.40. The summed E-state index contributed by atoms with van der Waals surface area (Å²) >= 11 is 1.77. The Morgan fingerprint density at radius 2 is 2.06 bits per heavy atom. The molecule has 4 heteroatoms. The lowest BCUT2D eigenvalue weighted by atomic mass is 10.1. The Hall–Kier alpha value is -1.00. The first-order chi connectivity index (χ1) is 8.67. The van der Waals surface area contributed by atoms with Gasteiger partial charge in [-0.3, -0.25) is 4.79 Å². The van der Waals surface area contributed by atoms with E-state index in [0.717, 1.165) is 11.5 Å². The van der Waals surface area contributed by atoms with Crippen LogP contribution in [0, 0.1) is 6.92 Å². The summed E-state index contributed by atoms with van der Waals surface area (Å²) in [6, 6.07) is 8.88. The number of esters is 1. The van der Waals surface area contributed by atoms with Crippen molar-refractivity contribution < 1.29 is 9.53 Å². The molecular formula is C14H21NO2S. The molecule has 0 aromatic heterocycles. The lowest BCUT2D eigenvalue weighted by molar-refractivity contribution is -0.140. The van der Waals surface area contributed by atoms with Crippen LogP contribution in [0.15, 0.2) is 24.3 Å². The molecule has 18 heavy (non-hydrogen) atoms. The number of carbonyl (C=O) groups is 1. The Kier molecular flexibility index (Phi) is 6.83. The summed E-state index contributed by atoms with van der Waals surface area (Å²) in [6.45, 7) is 2.09. The van der Waals surface area contributed by atoms with Gasteiger partial charge in [0, 0.05) is 17.5 Å². The van der Waals surface area contributed by atoms with Crippen molar-refractivity contribution in [3.63, 3.8) is 0 Å². The van der Waals surface area contributed by atoms with Crippen molar-refractivity contribution in [1.82, 2.24) is 5.32 Å². The second kappa shape index (κ2) is 8.16. The van der Waals surface area contributed by atoms with Gasteiger partial charge in [0.05, 0.1) is 13.5 Å².